The number of nitrogens with one attached hydrogen (secondary N) is 2. The van der Waals surface area contributed by atoms with Crippen LogP contribution in [0.25, 0.3) is 0 Å². The van der Waals surface area contributed by atoms with E-state index in [4.69, 9.17) is 5.26 Å². The Balaban J connectivity index is 1.86. The van der Waals surface area contributed by atoms with Gasteiger partial charge in [0, 0.05) is 44.0 Å². The van der Waals surface area contributed by atoms with Gasteiger partial charge >= 0.3 is 6.55 Å². The van der Waals surface area contributed by atoms with E-state index in [9.17, 15) is 23.5 Å². The monoisotopic (exact) mass is 391 g/mol. The number of hydrogen-bond acceptors (Lipinski definition) is 7. The van der Waals surface area contributed by atoms with Crippen LogP contribution < -0.4 is 15.5 Å². The smallest absolute Gasteiger partial charge is 0.334 e. The third-order valence-corrected chi connectivity index (χ3v) is 4.17. The molecule has 28 heavy (non-hydrogen) atoms. The lowest BCUT2D eigenvalue weighted by Gasteiger charge is -2.18. The SMILES string of the molecule is CNC(=O)c1cc(Nc2cc(N3CC[C@](O)(C#N)C3=O)ccn2)nn1C(F)F. The molecule has 146 valence electrons. The van der Waals surface area contributed by atoms with Gasteiger partial charge in [-0.1, -0.05) is 0 Å². The first-order valence-corrected chi connectivity index (χ1v) is 8.07. The molecular weight excluding hydrogens is 376 g/mol. The highest BCUT2D eigenvalue weighted by molar-refractivity contribution is 6.03. The minimum atomic E-state index is -3.02. The molecule has 3 heterocycles. The van der Waals surface area contributed by atoms with Crippen molar-refractivity contribution in [2.75, 3.05) is 23.8 Å². The Hall–Kier alpha value is -3.59. The molecule has 1 fully saturated rings. The standard InChI is InChI=1S/C16H15F2N7O3/c1-20-13(26)10-7-12(23-25(10)15(17)18)22-11-6-9(2-4-21-11)24-5-3-16(28,8-19)14(24)27/h2,4,6-7,15,28H,3,5H2,1H3,(H,20,26)(H,21,22,23)/t16-/m0/s1. The molecule has 0 spiro atoms. The molecule has 1 saturated heterocycles. The number of hydrogen-bond donors (Lipinski definition) is 3. The van der Waals surface area contributed by atoms with E-state index in [0.29, 0.717) is 5.69 Å². The number of alkyl halides is 2. The zero-order chi connectivity index (χ0) is 20.5. The quantitative estimate of drug-likeness (QED) is 0.640. The van der Waals surface area contributed by atoms with Crippen LogP contribution in [0.5, 0.6) is 0 Å². The molecule has 1 aliphatic rings. The Bertz CT molecular complexity index is 971. The van der Waals surface area contributed by atoms with Crippen LogP contribution >= 0.6 is 0 Å². The number of aromatic nitrogens is 3. The average Bonchev–Trinajstić information content (AvgIpc) is 3.24. The van der Waals surface area contributed by atoms with Gasteiger partial charge in [0.1, 0.15) is 17.6 Å². The maximum atomic E-state index is 13.1. The highest BCUT2D eigenvalue weighted by atomic mass is 19.3. The van der Waals surface area contributed by atoms with Crippen molar-refractivity contribution in [3.05, 3.63) is 30.1 Å². The number of anilines is 3. The number of rotatable bonds is 5. The van der Waals surface area contributed by atoms with Gasteiger partial charge in [-0.05, 0) is 6.07 Å². The van der Waals surface area contributed by atoms with Crippen LogP contribution in [0.4, 0.5) is 26.1 Å². The van der Waals surface area contributed by atoms with E-state index in [2.05, 4.69) is 20.7 Å². The van der Waals surface area contributed by atoms with Crippen molar-refractivity contribution in [1.29, 1.82) is 5.26 Å². The lowest BCUT2D eigenvalue weighted by Crippen LogP contribution is -2.38. The second-order valence-corrected chi connectivity index (χ2v) is 5.92. The summed E-state index contributed by atoms with van der Waals surface area (Å²) in [4.78, 5) is 29.2. The molecule has 0 radical (unpaired) electrons. The Morgan fingerprint density at radius 3 is 2.79 bits per heavy atom. The summed E-state index contributed by atoms with van der Waals surface area (Å²) in [5.74, 6) is -1.37. The minimum absolute atomic E-state index is 0.0400. The summed E-state index contributed by atoms with van der Waals surface area (Å²) in [5.41, 5.74) is -2.06. The number of nitriles is 1. The number of halogens is 2. The van der Waals surface area contributed by atoms with E-state index in [1.165, 1.54) is 30.3 Å². The number of nitrogens with zero attached hydrogens (tertiary/aromatic N) is 5. The van der Waals surface area contributed by atoms with Crippen molar-refractivity contribution in [2.45, 2.75) is 18.6 Å². The maximum Gasteiger partial charge on any atom is 0.334 e. The van der Waals surface area contributed by atoms with E-state index in [1.54, 1.807) is 6.07 Å². The van der Waals surface area contributed by atoms with Crippen LogP contribution in [0.15, 0.2) is 24.4 Å². The van der Waals surface area contributed by atoms with Crippen molar-refractivity contribution in [2.24, 2.45) is 0 Å². The fourth-order valence-electron chi connectivity index (χ4n) is 2.74. The van der Waals surface area contributed by atoms with Gasteiger partial charge in [-0.15, -0.1) is 5.10 Å². The van der Waals surface area contributed by atoms with E-state index in [0.717, 1.165) is 6.07 Å². The third-order valence-electron chi connectivity index (χ3n) is 4.17. The van der Waals surface area contributed by atoms with E-state index >= 15 is 0 Å². The van der Waals surface area contributed by atoms with Crippen molar-refractivity contribution in [3.8, 4) is 6.07 Å². The summed E-state index contributed by atoms with van der Waals surface area (Å²) >= 11 is 0. The van der Waals surface area contributed by atoms with E-state index < -0.39 is 24.0 Å². The molecule has 1 atom stereocenters. The fourth-order valence-corrected chi connectivity index (χ4v) is 2.74. The first-order valence-electron chi connectivity index (χ1n) is 8.07. The molecule has 0 saturated carbocycles. The lowest BCUT2D eigenvalue weighted by atomic mass is 10.1. The summed E-state index contributed by atoms with van der Waals surface area (Å²) in [6, 6.07) is 5.66. The second-order valence-electron chi connectivity index (χ2n) is 5.92. The highest BCUT2D eigenvalue weighted by Crippen LogP contribution is 2.29. The third kappa shape index (κ3) is 3.35. The normalized spacial score (nSPS) is 19.0. The van der Waals surface area contributed by atoms with E-state index in [-0.39, 0.29) is 35.0 Å². The van der Waals surface area contributed by atoms with Crippen LogP contribution in [0.3, 0.4) is 0 Å². The van der Waals surface area contributed by atoms with Gasteiger partial charge < -0.3 is 20.6 Å². The predicted molar refractivity (Wildman–Crippen MR) is 91.9 cm³/mol. The molecule has 0 bridgehead atoms. The maximum absolute atomic E-state index is 13.1. The molecule has 3 N–H and O–H groups in total. The van der Waals surface area contributed by atoms with Gasteiger partial charge in [0.05, 0.1) is 0 Å². The number of pyridine rings is 1. The van der Waals surface area contributed by atoms with Crippen LogP contribution in [0.1, 0.15) is 23.5 Å². The molecule has 10 nitrogen and oxygen atoms in total. The molecule has 0 unspecified atom stereocenters. The molecule has 2 amide bonds. The molecule has 12 heteroatoms. The first-order chi connectivity index (χ1) is 13.3. The van der Waals surface area contributed by atoms with Gasteiger partial charge in [0.15, 0.2) is 5.82 Å². The van der Waals surface area contributed by atoms with Crippen molar-refractivity contribution >= 4 is 29.1 Å². The van der Waals surface area contributed by atoms with Gasteiger partial charge in [0.25, 0.3) is 11.8 Å². The molecule has 3 rings (SSSR count). The van der Waals surface area contributed by atoms with Gasteiger partial charge in [-0.3, -0.25) is 9.59 Å². The number of amides is 2. The molecule has 2 aromatic heterocycles. The van der Waals surface area contributed by atoms with Gasteiger partial charge in [-0.25, -0.2) is 4.98 Å². The Morgan fingerprint density at radius 1 is 1.43 bits per heavy atom. The Morgan fingerprint density at radius 2 is 2.18 bits per heavy atom. The summed E-state index contributed by atoms with van der Waals surface area (Å²) in [7, 11) is 1.30. The summed E-state index contributed by atoms with van der Waals surface area (Å²) in [6.45, 7) is -2.89. The van der Waals surface area contributed by atoms with Crippen LogP contribution in [0.2, 0.25) is 0 Å². The van der Waals surface area contributed by atoms with Crippen LogP contribution in [-0.2, 0) is 4.79 Å². The lowest BCUT2D eigenvalue weighted by molar-refractivity contribution is -0.128. The topological polar surface area (TPSA) is 136 Å². The van der Waals surface area contributed by atoms with Crippen molar-refractivity contribution < 1.29 is 23.5 Å². The average molecular weight is 391 g/mol. The zero-order valence-corrected chi connectivity index (χ0v) is 14.6. The summed E-state index contributed by atoms with van der Waals surface area (Å²) < 4.78 is 26.4. The van der Waals surface area contributed by atoms with Gasteiger partial charge in [0.2, 0.25) is 5.60 Å². The number of aliphatic hydroxyl groups is 1. The predicted octanol–water partition coefficient (Wildman–Crippen LogP) is 0.768. The minimum Gasteiger partial charge on any atom is -0.368 e. The Labute approximate surface area is 157 Å². The van der Waals surface area contributed by atoms with Crippen molar-refractivity contribution in [1.82, 2.24) is 20.1 Å². The van der Waals surface area contributed by atoms with Crippen molar-refractivity contribution in [3.63, 3.8) is 0 Å². The largest absolute Gasteiger partial charge is 0.368 e. The highest BCUT2D eigenvalue weighted by Gasteiger charge is 2.46. The number of carbonyl (C=O) groups is 2. The second kappa shape index (κ2) is 7.20. The number of carbonyl (C=O) groups excluding carboxylic acids is 2. The summed E-state index contributed by atoms with van der Waals surface area (Å²) in [6.07, 6.45) is 1.32. The van der Waals surface area contributed by atoms with Crippen LogP contribution in [-0.4, -0.2) is 50.9 Å². The first kappa shape index (κ1) is 19.2. The Kier molecular flexibility index (Phi) is 4.93. The van der Waals surface area contributed by atoms with Gasteiger partial charge in [-0.2, -0.15) is 18.7 Å². The fraction of sp³-hybridized carbons (Fsp3) is 0.312. The summed E-state index contributed by atoms with van der Waals surface area (Å²) in [5, 5.41) is 27.5. The van der Waals surface area contributed by atoms with Crippen LogP contribution in [0, 0.1) is 11.3 Å². The molecule has 2 aromatic rings. The zero-order valence-electron chi connectivity index (χ0n) is 14.6. The van der Waals surface area contributed by atoms with E-state index in [1.807, 2.05) is 0 Å². The molecule has 1 aliphatic heterocycles. The molecule has 0 aromatic carbocycles. The molecular formula is C16H15F2N7O3. The molecule has 0 aliphatic carbocycles.